The van der Waals surface area contributed by atoms with Crippen molar-refractivity contribution < 1.29 is 22.7 Å². The van der Waals surface area contributed by atoms with Gasteiger partial charge in [-0.2, -0.15) is 18.3 Å². The molecule has 0 aromatic carbocycles. The van der Waals surface area contributed by atoms with E-state index in [2.05, 4.69) is 10.2 Å². The summed E-state index contributed by atoms with van der Waals surface area (Å²) in [5, 5.41) is 5.85. The number of alkyl halides is 3. The number of nitrogens with zero attached hydrogens (tertiary/aromatic N) is 2. The van der Waals surface area contributed by atoms with E-state index < -0.39 is 11.9 Å². The fourth-order valence-corrected chi connectivity index (χ4v) is 3.27. The van der Waals surface area contributed by atoms with Gasteiger partial charge >= 0.3 is 12.1 Å². The third-order valence-corrected chi connectivity index (χ3v) is 4.37. The monoisotopic (exact) mass is 317 g/mol. The topological polar surface area (TPSA) is 58.2 Å². The van der Waals surface area contributed by atoms with Gasteiger partial charge in [-0.1, -0.05) is 0 Å². The molecule has 0 bridgehead atoms. The number of rotatable bonds is 2. The summed E-state index contributed by atoms with van der Waals surface area (Å²) < 4.78 is 43.1. The van der Waals surface area contributed by atoms with Gasteiger partial charge in [0.25, 0.3) is 0 Å². The van der Waals surface area contributed by atoms with Gasteiger partial charge in [-0.3, -0.25) is 14.8 Å². The first-order valence-electron chi connectivity index (χ1n) is 7.41. The number of halogens is 3. The molecule has 0 aliphatic carbocycles. The number of nitrogens with one attached hydrogen (secondary N) is 1. The van der Waals surface area contributed by atoms with Crippen molar-refractivity contribution in [3.8, 4) is 0 Å². The molecular weight excluding hydrogens is 299 g/mol. The Balaban J connectivity index is 1.71. The maximum absolute atomic E-state index is 12.6. The Kier molecular flexibility index (Phi) is 3.88. The average molecular weight is 317 g/mol. The lowest BCUT2D eigenvalue weighted by Gasteiger charge is -2.34. The highest BCUT2D eigenvalue weighted by Gasteiger charge is 2.39. The fraction of sp³-hybridized carbons (Fsp3) is 0.714. The maximum Gasteiger partial charge on any atom is 0.435 e. The molecule has 5 nitrogen and oxygen atoms in total. The summed E-state index contributed by atoms with van der Waals surface area (Å²) in [4.78, 5) is 13.9. The first-order chi connectivity index (χ1) is 10.3. The first kappa shape index (κ1) is 15.3. The molecule has 1 N–H and O–H groups in total. The van der Waals surface area contributed by atoms with Crippen molar-refractivity contribution in [1.82, 2.24) is 15.1 Å². The van der Waals surface area contributed by atoms with E-state index in [0.29, 0.717) is 18.7 Å². The van der Waals surface area contributed by atoms with Crippen molar-refractivity contribution in [3.63, 3.8) is 0 Å². The summed E-state index contributed by atoms with van der Waals surface area (Å²) in [6.45, 7) is 3.17. The summed E-state index contributed by atoms with van der Waals surface area (Å²) in [7, 11) is 0. The van der Waals surface area contributed by atoms with E-state index in [1.165, 1.54) is 0 Å². The lowest BCUT2D eigenvalue weighted by atomic mass is 9.93. The Morgan fingerprint density at radius 3 is 2.82 bits per heavy atom. The van der Waals surface area contributed by atoms with Crippen LogP contribution in [0.15, 0.2) is 6.07 Å². The Morgan fingerprint density at radius 1 is 1.45 bits per heavy atom. The number of hydrogen-bond acceptors (Lipinski definition) is 4. The number of aromatic nitrogens is 2. The average Bonchev–Trinajstić information content (AvgIpc) is 3.05. The van der Waals surface area contributed by atoms with Crippen LogP contribution in [0.5, 0.6) is 0 Å². The van der Waals surface area contributed by atoms with Crippen LogP contribution in [0.4, 0.5) is 13.2 Å². The highest BCUT2D eigenvalue weighted by molar-refractivity contribution is 5.78. The van der Waals surface area contributed by atoms with Crippen LogP contribution in [0.3, 0.4) is 0 Å². The smallest absolute Gasteiger partial charge is 0.435 e. The maximum atomic E-state index is 12.6. The van der Waals surface area contributed by atoms with E-state index in [1.54, 1.807) is 0 Å². The molecule has 2 fully saturated rings. The molecule has 0 amide bonds. The van der Waals surface area contributed by atoms with Gasteiger partial charge in [0.15, 0.2) is 5.69 Å². The Hall–Kier alpha value is -1.57. The van der Waals surface area contributed by atoms with Crippen LogP contribution in [-0.4, -0.2) is 46.3 Å². The number of esters is 1. The Morgan fingerprint density at radius 2 is 2.23 bits per heavy atom. The van der Waals surface area contributed by atoms with Crippen LogP contribution in [0.25, 0.3) is 0 Å². The Bertz CT molecular complexity index is 558. The van der Waals surface area contributed by atoms with Crippen LogP contribution in [-0.2, 0) is 15.7 Å². The highest BCUT2D eigenvalue weighted by atomic mass is 19.4. The molecule has 3 rings (SSSR count). The standard InChI is InChI=1S/C14H18F3N3O2/c1-8-5-11(13(21)22-8)20-4-2-3-9(7-20)10-6-12(19-18-10)14(15,16)17/h6,8-9,11H,2-5,7H2,1H3,(H,18,19)/t8-,9-,11+/m1/s1. The first-order valence-corrected chi connectivity index (χ1v) is 7.41. The summed E-state index contributed by atoms with van der Waals surface area (Å²) >= 11 is 0. The predicted octanol–water partition coefficient (Wildman–Crippen LogP) is 2.31. The zero-order valence-corrected chi connectivity index (χ0v) is 12.2. The predicted molar refractivity (Wildman–Crippen MR) is 71.1 cm³/mol. The molecule has 0 unspecified atom stereocenters. The molecule has 3 heterocycles. The minimum atomic E-state index is -4.44. The number of ether oxygens (including phenoxy) is 1. The zero-order chi connectivity index (χ0) is 15.9. The molecule has 3 atom stereocenters. The number of likely N-dealkylation sites (tertiary alicyclic amines) is 1. The molecule has 1 aromatic heterocycles. The lowest BCUT2D eigenvalue weighted by molar-refractivity contribution is -0.145. The lowest BCUT2D eigenvalue weighted by Crippen LogP contribution is -2.44. The molecule has 0 saturated carbocycles. The second-order valence-electron chi connectivity index (χ2n) is 6.04. The van der Waals surface area contributed by atoms with Crippen molar-refractivity contribution in [2.24, 2.45) is 0 Å². The van der Waals surface area contributed by atoms with E-state index in [-0.39, 0.29) is 24.0 Å². The van der Waals surface area contributed by atoms with Crippen LogP contribution in [0.1, 0.15) is 43.5 Å². The van der Waals surface area contributed by atoms with Gasteiger partial charge in [-0.25, -0.2) is 0 Å². The number of carbonyl (C=O) groups excluding carboxylic acids is 1. The van der Waals surface area contributed by atoms with Crippen LogP contribution in [0.2, 0.25) is 0 Å². The van der Waals surface area contributed by atoms with Gasteiger partial charge in [0.05, 0.1) is 0 Å². The highest BCUT2D eigenvalue weighted by Crippen LogP contribution is 2.33. The van der Waals surface area contributed by atoms with Crippen molar-refractivity contribution in [2.75, 3.05) is 13.1 Å². The fourth-order valence-electron chi connectivity index (χ4n) is 3.27. The molecule has 0 spiro atoms. The summed E-state index contributed by atoms with van der Waals surface area (Å²) in [6, 6.07) is 0.798. The molecule has 8 heteroatoms. The molecule has 0 radical (unpaired) electrons. The normalized spacial score (nSPS) is 30.5. The minimum Gasteiger partial charge on any atom is -0.461 e. The number of hydrogen-bond donors (Lipinski definition) is 1. The van der Waals surface area contributed by atoms with Crippen LogP contribution < -0.4 is 0 Å². The van der Waals surface area contributed by atoms with Gasteiger partial charge in [0, 0.05) is 24.6 Å². The van der Waals surface area contributed by atoms with Gasteiger partial charge in [-0.15, -0.1) is 0 Å². The van der Waals surface area contributed by atoms with Crippen molar-refractivity contribution in [1.29, 1.82) is 0 Å². The van der Waals surface area contributed by atoms with E-state index in [4.69, 9.17) is 4.74 Å². The van der Waals surface area contributed by atoms with E-state index in [9.17, 15) is 18.0 Å². The van der Waals surface area contributed by atoms with Gasteiger partial charge in [-0.05, 0) is 32.4 Å². The zero-order valence-electron chi connectivity index (χ0n) is 12.2. The van der Waals surface area contributed by atoms with E-state index >= 15 is 0 Å². The largest absolute Gasteiger partial charge is 0.461 e. The number of H-pyrrole nitrogens is 1. The van der Waals surface area contributed by atoms with Crippen LogP contribution in [0, 0.1) is 0 Å². The molecule has 2 saturated heterocycles. The number of piperidine rings is 1. The number of aromatic amines is 1. The van der Waals surface area contributed by atoms with E-state index in [1.807, 2.05) is 11.8 Å². The van der Waals surface area contributed by atoms with Crippen LogP contribution >= 0.6 is 0 Å². The summed E-state index contributed by atoms with van der Waals surface area (Å²) in [5.41, 5.74) is -0.412. The van der Waals surface area contributed by atoms with E-state index in [0.717, 1.165) is 25.5 Å². The van der Waals surface area contributed by atoms with Gasteiger partial charge < -0.3 is 4.74 Å². The van der Waals surface area contributed by atoms with Gasteiger partial charge in [0.2, 0.25) is 0 Å². The van der Waals surface area contributed by atoms with Crippen molar-refractivity contribution >= 4 is 5.97 Å². The third-order valence-electron chi connectivity index (χ3n) is 4.37. The molecule has 122 valence electrons. The molecule has 2 aliphatic rings. The quantitative estimate of drug-likeness (QED) is 0.851. The van der Waals surface area contributed by atoms with Crippen molar-refractivity contribution in [2.45, 2.75) is 50.4 Å². The third kappa shape index (κ3) is 2.97. The second kappa shape index (κ2) is 5.57. The number of cyclic esters (lactones) is 1. The SMILES string of the molecule is C[C@@H]1C[C@H](N2CCC[C@@H](c3cc(C(F)(F)F)n[nH]3)C2)C(=O)O1. The molecule has 2 aliphatic heterocycles. The second-order valence-corrected chi connectivity index (χ2v) is 6.04. The molecular formula is C14H18F3N3O2. The summed E-state index contributed by atoms with van der Waals surface area (Å²) in [6.07, 6.45) is -2.27. The minimum absolute atomic E-state index is 0.0685. The summed E-state index contributed by atoms with van der Waals surface area (Å²) in [5.74, 6) is -0.296. The Labute approximate surface area is 125 Å². The van der Waals surface area contributed by atoms with Crippen molar-refractivity contribution in [3.05, 3.63) is 17.5 Å². The van der Waals surface area contributed by atoms with Gasteiger partial charge in [0.1, 0.15) is 12.1 Å². The molecule has 22 heavy (non-hydrogen) atoms. The number of carbonyl (C=O) groups is 1. The molecule has 1 aromatic rings.